The molecule has 0 fully saturated rings. The lowest BCUT2D eigenvalue weighted by Gasteiger charge is -2.05. The molecule has 0 saturated carbocycles. The Balaban J connectivity index is 2.02. The van der Waals surface area contributed by atoms with E-state index < -0.39 is 0 Å². The first-order valence-corrected chi connectivity index (χ1v) is 5.73. The number of hydrogen-bond donors (Lipinski definition) is 1. The molecule has 0 amide bonds. The molecular formula is C11H12BrN3O. The van der Waals surface area contributed by atoms with Gasteiger partial charge in [-0.05, 0) is 30.7 Å². The van der Waals surface area contributed by atoms with Gasteiger partial charge in [-0.25, -0.2) is 0 Å². The van der Waals surface area contributed by atoms with Gasteiger partial charge in [0.05, 0.1) is 6.54 Å². The second-order valence-electron chi connectivity index (χ2n) is 3.53. The summed E-state index contributed by atoms with van der Waals surface area (Å²) >= 11 is 3.46. The van der Waals surface area contributed by atoms with E-state index in [1.807, 2.05) is 19.1 Å². The average molecular weight is 282 g/mol. The van der Waals surface area contributed by atoms with Crippen LogP contribution in [0.4, 0.5) is 5.69 Å². The van der Waals surface area contributed by atoms with Gasteiger partial charge in [-0.15, -0.1) is 10.2 Å². The summed E-state index contributed by atoms with van der Waals surface area (Å²) in [4.78, 5) is 0. The predicted molar refractivity (Wildman–Crippen MR) is 65.2 cm³/mol. The van der Waals surface area contributed by atoms with Crippen molar-refractivity contribution in [3.05, 3.63) is 40.0 Å². The fourth-order valence-electron chi connectivity index (χ4n) is 1.34. The van der Waals surface area contributed by atoms with E-state index in [4.69, 9.17) is 4.42 Å². The Bertz CT molecular complexity index is 496. The molecular weight excluding hydrogens is 270 g/mol. The summed E-state index contributed by atoms with van der Waals surface area (Å²) in [7, 11) is 0. The van der Waals surface area contributed by atoms with E-state index in [-0.39, 0.29) is 0 Å². The molecule has 0 saturated heterocycles. The molecule has 5 heteroatoms. The maximum Gasteiger partial charge on any atom is 0.235 e. The van der Waals surface area contributed by atoms with Crippen LogP contribution in [0.2, 0.25) is 0 Å². The van der Waals surface area contributed by atoms with Crippen LogP contribution in [0.15, 0.2) is 27.1 Å². The number of rotatable bonds is 3. The highest BCUT2D eigenvalue weighted by atomic mass is 79.9. The minimum absolute atomic E-state index is 0.544. The second-order valence-corrected chi connectivity index (χ2v) is 4.39. The summed E-state index contributed by atoms with van der Waals surface area (Å²) in [5, 5.41) is 10.9. The first kappa shape index (κ1) is 11.1. The van der Waals surface area contributed by atoms with Gasteiger partial charge >= 0.3 is 0 Å². The number of hydrogen-bond acceptors (Lipinski definition) is 4. The third-order valence-corrected chi connectivity index (χ3v) is 3.06. The summed E-state index contributed by atoms with van der Waals surface area (Å²) in [6, 6.07) is 6.07. The number of nitrogens with zero attached hydrogens (tertiary/aromatic N) is 2. The number of nitrogens with one attached hydrogen (secondary N) is 1. The van der Waals surface area contributed by atoms with Crippen molar-refractivity contribution < 1.29 is 4.42 Å². The third kappa shape index (κ3) is 2.61. The lowest BCUT2D eigenvalue weighted by molar-refractivity contribution is 0.475. The first-order chi connectivity index (χ1) is 7.65. The van der Waals surface area contributed by atoms with E-state index in [0.29, 0.717) is 18.3 Å². The summed E-state index contributed by atoms with van der Waals surface area (Å²) in [6.07, 6.45) is 0. The number of aromatic nitrogens is 2. The zero-order chi connectivity index (χ0) is 11.5. The van der Waals surface area contributed by atoms with Gasteiger partial charge in [0, 0.05) is 17.1 Å². The lowest BCUT2D eigenvalue weighted by Crippen LogP contribution is -1.99. The monoisotopic (exact) mass is 281 g/mol. The second kappa shape index (κ2) is 4.65. The smallest absolute Gasteiger partial charge is 0.235 e. The minimum atomic E-state index is 0.544. The Morgan fingerprint density at radius 3 is 2.75 bits per heavy atom. The minimum Gasteiger partial charge on any atom is -0.424 e. The predicted octanol–water partition coefficient (Wildman–Crippen LogP) is 3.06. The van der Waals surface area contributed by atoms with Gasteiger partial charge in [0.15, 0.2) is 0 Å². The quantitative estimate of drug-likeness (QED) is 0.940. The molecule has 1 aromatic heterocycles. The molecule has 0 aliphatic rings. The molecule has 4 nitrogen and oxygen atoms in total. The molecule has 2 aromatic rings. The Morgan fingerprint density at radius 1 is 1.31 bits per heavy atom. The summed E-state index contributed by atoms with van der Waals surface area (Å²) in [5.74, 6) is 1.18. The van der Waals surface area contributed by atoms with Gasteiger partial charge in [0.2, 0.25) is 11.8 Å². The highest BCUT2D eigenvalue weighted by Crippen LogP contribution is 2.20. The van der Waals surface area contributed by atoms with Crippen molar-refractivity contribution in [1.29, 1.82) is 0 Å². The van der Waals surface area contributed by atoms with E-state index in [0.717, 1.165) is 10.2 Å². The highest BCUT2D eigenvalue weighted by Gasteiger charge is 2.02. The Hall–Kier alpha value is -1.36. The average Bonchev–Trinajstić information content (AvgIpc) is 2.66. The Morgan fingerprint density at radius 2 is 2.12 bits per heavy atom. The molecule has 0 bridgehead atoms. The van der Waals surface area contributed by atoms with Gasteiger partial charge in [0.25, 0.3) is 0 Å². The summed E-state index contributed by atoms with van der Waals surface area (Å²) < 4.78 is 6.37. The van der Waals surface area contributed by atoms with Gasteiger partial charge in [-0.2, -0.15) is 0 Å². The van der Waals surface area contributed by atoms with Crippen molar-refractivity contribution in [2.75, 3.05) is 5.32 Å². The number of anilines is 1. The van der Waals surface area contributed by atoms with E-state index >= 15 is 0 Å². The maximum absolute atomic E-state index is 5.27. The number of halogens is 1. The van der Waals surface area contributed by atoms with E-state index in [1.165, 1.54) is 5.56 Å². The summed E-state index contributed by atoms with van der Waals surface area (Å²) in [5.41, 5.74) is 2.23. The summed E-state index contributed by atoms with van der Waals surface area (Å²) in [6.45, 7) is 4.37. The van der Waals surface area contributed by atoms with Gasteiger partial charge in [-0.3, -0.25) is 0 Å². The van der Waals surface area contributed by atoms with Gasteiger partial charge in [-0.1, -0.05) is 15.9 Å². The molecule has 0 radical (unpaired) electrons. The Kier molecular flexibility index (Phi) is 3.24. The van der Waals surface area contributed by atoms with Crippen LogP contribution >= 0.6 is 15.9 Å². The van der Waals surface area contributed by atoms with Crippen LogP contribution in [0.5, 0.6) is 0 Å². The van der Waals surface area contributed by atoms with Crippen LogP contribution in [0.25, 0.3) is 0 Å². The molecule has 0 aliphatic heterocycles. The van der Waals surface area contributed by atoms with Crippen molar-refractivity contribution in [2.45, 2.75) is 20.4 Å². The van der Waals surface area contributed by atoms with Crippen LogP contribution in [-0.4, -0.2) is 10.2 Å². The number of benzene rings is 1. The maximum atomic E-state index is 5.27. The van der Waals surface area contributed by atoms with E-state index in [1.54, 1.807) is 6.92 Å². The van der Waals surface area contributed by atoms with Crippen LogP contribution in [-0.2, 0) is 6.54 Å². The van der Waals surface area contributed by atoms with Crippen molar-refractivity contribution in [3.63, 3.8) is 0 Å². The molecule has 1 heterocycles. The molecule has 16 heavy (non-hydrogen) atoms. The Labute approximate surface area is 102 Å². The van der Waals surface area contributed by atoms with Crippen molar-refractivity contribution in [3.8, 4) is 0 Å². The SMILES string of the molecule is Cc1nnc(CNc2ccc(Br)c(C)c2)o1. The van der Waals surface area contributed by atoms with E-state index in [9.17, 15) is 0 Å². The molecule has 0 unspecified atom stereocenters. The van der Waals surface area contributed by atoms with E-state index in [2.05, 4.69) is 37.5 Å². The molecule has 1 aromatic carbocycles. The fraction of sp³-hybridized carbons (Fsp3) is 0.273. The fourth-order valence-corrected chi connectivity index (χ4v) is 1.59. The third-order valence-electron chi connectivity index (χ3n) is 2.17. The molecule has 0 atom stereocenters. The van der Waals surface area contributed by atoms with Crippen LogP contribution in [0.1, 0.15) is 17.3 Å². The van der Waals surface area contributed by atoms with Gasteiger partial charge < -0.3 is 9.73 Å². The number of aryl methyl sites for hydroxylation is 2. The topological polar surface area (TPSA) is 51.0 Å². The highest BCUT2D eigenvalue weighted by molar-refractivity contribution is 9.10. The molecule has 0 spiro atoms. The van der Waals surface area contributed by atoms with Crippen molar-refractivity contribution in [1.82, 2.24) is 10.2 Å². The van der Waals surface area contributed by atoms with Crippen LogP contribution < -0.4 is 5.32 Å². The van der Waals surface area contributed by atoms with Crippen molar-refractivity contribution >= 4 is 21.6 Å². The zero-order valence-electron chi connectivity index (χ0n) is 9.12. The van der Waals surface area contributed by atoms with Gasteiger partial charge in [0.1, 0.15) is 0 Å². The van der Waals surface area contributed by atoms with Crippen LogP contribution in [0.3, 0.4) is 0 Å². The molecule has 84 valence electrons. The van der Waals surface area contributed by atoms with Crippen LogP contribution in [0, 0.1) is 13.8 Å². The lowest BCUT2D eigenvalue weighted by atomic mass is 10.2. The molecule has 1 N–H and O–H groups in total. The largest absolute Gasteiger partial charge is 0.424 e. The molecule has 0 aliphatic carbocycles. The van der Waals surface area contributed by atoms with Crippen molar-refractivity contribution in [2.24, 2.45) is 0 Å². The zero-order valence-corrected chi connectivity index (χ0v) is 10.7. The normalized spacial score (nSPS) is 10.4. The first-order valence-electron chi connectivity index (χ1n) is 4.94. The molecule has 2 rings (SSSR count). The standard InChI is InChI=1S/C11H12BrN3O/c1-7-5-9(3-4-10(7)12)13-6-11-15-14-8(2)16-11/h3-5,13H,6H2,1-2H3.